The number of alkyl halides is 3. The first kappa shape index (κ1) is 24.5. The lowest BCUT2D eigenvalue weighted by atomic mass is 10.1. The summed E-state index contributed by atoms with van der Waals surface area (Å²) in [6.07, 6.45) is 1.05. The van der Waals surface area contributed by atoms with Crippen LogP contribution in [0.25, 0.3) is 27.9 Å². The molecule has 9 nitrogen and oxygen atoms in total. The highest BCUT2D eigenvalue weighted by atomic mass is 19.4. The predicted octanol–water partition coefficient (Wildman–Crippen LogP) is 3.76. The zero-order chi connectivity index (χ0) is 26.0. The summed E-state index contributed by atoms with van der Waals surface area (Å²) in [5.41, 5.74) is 12.4. The summed E-state index contributed by atoms with van der Waals surface area (Å²) in [7, 11) is 1.57. The molecule has 4 rings (SSSR count). The summed E-state index contributed by atoms with van der Waals surface area (Å²) >= 11 is 0. The second kappa shape index (κ2) is 9.56. The van der Waals surface area contributed by atoms with Gasteiger partial charge >= 0.3 is 6.18 Å². The van der Waals surface area contributed by atoms with E-state index in [9.17, 15) is 18.0 Å². The Kier molecular flexibility index (Phi) is 6.51. The molecule has 0 unspecified atom stereocenters. The van der Waals surface area contributed by atoms with Gasteiger partial charge in [0, 0.05) is 43.5 Å². The number of allylic oxidation sites excluding steroid dienone is 1. The molecule has 2 aromatic carbocycles. The smallest absolute Gasteiger partial charge is 0.404 e. The third-order valence-electron chi connectivity index (χ3n) is 5.44. The van der Waals surface area contributed by atoms with E-state index in [-0.39, 0.29) is 22.2 Å². The summed E-state index contributed by atoms with van der Waals surface area (Å²) in [5, 5.41) is 6.85. The van der Waals surface area contributed by atoms with E-state index in [0.29, 0.717) is 29.2 Å². The number of nitrogens with two attached hydrogens (primary N) is 2. The van der Waals surface area contributed by atoms with E-state index in [1.165, 1.54) is 40.1 Å². The molecule has 0 aliphatic heterocycles. The summed E-state index contributed by atoms with van der Waals surface area (Å²) in [5.74, 6) is -0.656. The lowest BCUT2D eigenvalue weighted by Gasteiger charge is -2.12. The topological polar surface area (TPSA) is 129 Å². The van der Waals surface area contributed by atoms with Crippen LogP contribution < -0.4 is 16.8 Å². The Morgan fingerprint density at radius 2 is 2.03 bits per heavy atom. The molecule has 2 heterocycles. The van der Waals surface area contributed by atoms with Crippen LogP contribution in [-0.4, -0.2) is 45.0 Å². The van der Waals surface area contributed by atoms with Gasteiger partial charge in [0.2, 0.25) is 0 Å². The zero-order valence-electron chi connectivity index (χ0n) is 19.4. The number of fused-ring (bicyclic) bond motifs is 1. The second-order valence-corrected chi connectivity index (χ2v) is 7.73. The zero-order valence-corrected chi connectivity index (χ0v) is 19.4. The average Bonchev–Trinajstić information content (AvgIpc) is 3.48. The van der Waals surface area contributed by atoms with Crippen LogP contribution in [0.15, 0.2) is 60.1 Å². The Morgan fingerprint density at radius 3 is 2.67 bits per heavy atom. The van der Waals surface area contributed by atoms with E-state index in [1.54, 1.807) is 37.5 Å². The van der Waals surface area contributed by atoms with E-state index < -0.39 is 17.8 Å². The number of hydrogen-bond acceptors (Lipinski definition) is 6. The number of imidazole rings is 1. The van der Waals surface area contributed by atoms with Crippen LogP contribution in [0.5, 0.6) is 0 Å². The van der Waals surface area contributed by atoms with E-state index in [0.717, 1.165) is 0 Å². The molecule has 0 saturated carbocycles. The van der Waals surface area contributed by atoms with Crippen molar-refractivity contribution < 1.29 is 18.0 Å². The Morgan fingerprint density at radius 1 is 1.25 bits per heavy atom. The van der Waals surface area contributed by atoms with Gasteiger partial charge < -0.3 is 21.4 Å². The standard InChI is InChI=1S/C24H23F3N8O/c1-3-31-17-9-15(7-8-16(17)23(29)36)35-20-6-4-5-19(21(20)22(33-35)24(25,26)27)34-12-18(32-13-34)14(10-28)11-30-2/h4-13,31H,3,28H2,1-2H3,(H2,29,36). The third-order valence-corrected chi connectivity index (χ3v) is 5.44. The molecule has 5 N–H and O–H groups in total. The van der Waals surface area contributed by atoms with Gasteiger partial charge in [-0.25, -0.2) is 9.67 Å². The highest BCUT2D eigenvalue weighted by Gasteiger charge is 2.38. The molecule has 2 aromatic heterocycles. The van der Waals surface area contributed by atoms with Crippen LogP contribution in [0.2, 0.25) is 0 Å². The van der Waals surface area contributed by atoms with Gasteiger partial charge in [-0.3, -0.25) is 9.79 Å². The number of anilines is 1. The fourth-order valence-electron chi connectivity index (χ4n) is 3.91. The molecule has 0 bridgehead atoms. The minimum absolute atomic E-state index is 0.111. The first-order chi connectivity index (χ1) is 17.2. The van der Waals surface area contributed by atoms with Crippen molar-refractivity contribution in [1.82, 2.24) is 19.3 Å². The summed E-state index contributed by atoms with van der Waals surface area (Å²) in [6.45, 7) is 2.30. The molecule has 0 saturated heterocycles. The molecule has 1 amide bonds. The summed E-state index contributed by atoms with van der Waals surface area (Å²) < 4.78 is 45.2. The number of nitrogens with zero attached hydrogens (tertiary/aromatic N) is 5. The summed E-state index contributed by atoms with van der Waals surface area (Å²) in [6, 6.07) is 9.22. The van der Waals surface area contributed by atoms with Crippen LogP contribution in [0.3, 0.4) is 0 Å². The number of aliphatic imine (C=N–C) groups is 1. The SMILES string of the molecule is CCNc1cc(-n2nc(C(F)(F)F)c3c(-n4cnc(C(C=NC)=CN)c4)cccc32)ccc1C(N)=O. The van der Waals surface area contributed by atoms with Gasteiger partial charge in [0.15, 0.2) is 5.69 Å². The molecule has 186 valence electrons. The highest BCUT2D eigenvalue weighted by molar-refractivity contribution is 6.08. The fourth-order valence-corrected chi connectivity index (χ4v) is 3.91. The van der Waals surface area contributed by atoms with E-state index >= 15 is 0 Å². The number of nitrogens with one attached hydrogen (secondary N) is 1. The monoisotopic (exact) mass is 496 g/mol. The maximum atomic E-state index is 14.2. The number of primary amides is 1. The Hall–Kier alpha value is -4.61. The highest BCUT2D eigenvalue weighted by Crippen LogP contribution is 2.38. The molecular formula is C24H23F3N8O. The van der Waals surface area contributed by atoms with Crippen LogP contribution in [0, 0.1) is 0 Å². The largest absolute Gasteiger partial charge is 0.435 e. The number of aromatic nitrogens is 4. The van der Waals surface area contributed by atoms with Gasteiger partial charge in [0.1, 0.15) is 0 Å². The molecule has 12 heteroatoms. The van der Waals surface area contributed by atoms with Crippen molar-refractivity contribution in [1.29, 1.82) is 0 Å². The quantitative estimate of drug-likeness (QED) is 0.336. The first-order valence-corrected chi connectivity index (χ1v) is 10.8. The predicted molar refractivity (Wildman–Crippen MR) is 132 cm³/mol. The molecule has 0 aliphatic carbocycles. The maximum Gasteiger partial charge on any atom is 0.435 e. The molecule has 4 aromatic rings. The summed E-state index contributed by atoms with van der Waals surface area (Å²) in [4.78, 5) is 20.0. The lowest BCUT2D eigenvalue weighted by molar-refractivity contribution is -0.140. The minimum atomic E-state index is -4.74. The van der Waals surface area contributed by atoms with Crippen molar-refractivity contribution >= 4 is 34.3 Å². The van der Waals surface area contributed by atoms with Crippen molar-refractivity contribution in [2.24, 2.45) is 16.5 Å². The van der Waals surface area contributed by atoms with Crippen LogP contribution in [0.1, 0.15) is 28.7 Å². The molecule has 0 atom stereocenters. The normalized spacial score (nSPS) is 12.5. The molecule has 0 aliphatic rings. The van der Waals surface area contributed by atoms with Crippen LogP contribution in [-0.2, 0) is 6.18 Å². The van der Waals surface area contributed by atoms with Gasteiger partial charge in [0.05, 0.1) is 39.9 Å². The number of carbonyl (C=O) groups excluding carboxylic acids is 1. The lowest BCUT2D eigenvalue weighted by Crippen LogP contribution is -2.15. The van der Waals surface area contributed by atoms with Crippen LogP contribution >= 0.6 is 0 Å². The molecule has 36 heavy (non-hydrogen) atoms. The Bertz CT molecular complexity index is 1500. The number of carbonyl (C=O) groups is 1. The molecule has 0 spiro atoms. The van der Waals surface area contributed by atoms with Crippen molar-refractivity contribution in [2.75, 3.05) is 18.9 Å². The number of halogens is 3. The van der Waals surface area contributed by atoms with Crippen molar-refractivity contribution in [2.45, 2.75) is 13.1 Å². The van der Waals surface area contributed by atoms with E-state index in [1.807, 2.05) is 6.92 Å². The van der Waals surface area contributed by atoms with E-state index in [4.69, 9.17) is 11.5 Å². The van der Waals surface area contributed by atoms with Gasteiger partial charge in [-0.15, -0.1) is 0 Å². The minimum Gasteiger partial charge on any atom is -0.404 e. The van der Waals surface area contributed by atoms with Gasteiger partial charge in [-0.2, -0.15) is 18.3 Å². The van der Waals surface area contributed by atoms with Crippen LogP contribution in [0.4, 0.5) is 18.9 Å². The van der Waals surface area contributed by atoms with Gasteiger partial charge in [-0.1, -0.05) is 6.07 Å². The molecule has 0 radical (unpaired) electrons. The average molecular weight is 496 g/mol. The Balaban J connectivity index is 1.96. The first-order valence-electron chi connectivity index (χ1n) is 10.8. The van der Waals surface area contributed by atoms with Gasteiger partial charge in [-0.05, 0) is 37.3 Å². The molecule has 0 fully saturated rings. The maximum absolute atomic E-state index is 14.2. The van der Waals surface area contributed by atoms with E-state index in [2.05, 4.69) is 20.4 Å². The third kappa shape index (κ3) is 4.40. The second-order valence-electron chi connectivity index (χ2n) is 7.73. The number of amides is 1. The number of hydrogen-bond donors (Lipinski definition) is 3. The Labute approximate surface area is 203 Å². The van der Waals surface area contributed by atoms with Crippen molar-refractivity contribution in [3.63, 3.8) is 0 Å². The molecular weight excluding hydrogens is 473 g/mol. The fraction of sp³-hybridized carbons (Fsp3) is 0.167. The van der Waals surface area contributed by atoms with Crippen molar-refractivity contribution in [3.8, 4) is 11.4 Å². The van der Waals surface area contributed by atoms with Gasteiger partial charge in [0.25, 0.3) is 5.91 Å². The van der Waals surface area contributed by atoms with Crippen molar-refractivity contribution in [3.05, 3.63) is 72.1 Å². The number of benzene rings is 2. The number of rotatable bonds is 7.